The summed E-state index contributed by atoms with van der Waals surface area (Å²) in [6.07, 6.45) is 4.71. The van der Waals surface area contributed by atoms with Gasteiger partial charge in [-0.15, -0.1) is 0 Å². The first-order chi connectivity index (χ1) is 13.7. The number of aromatic nitrogens is 2. The van der Waals surface area contributed by atoms with Crippen molar-refractivity contribution in [2.45, 2.75) is 38.2 Å². The molecule has 2 saturated heterocycles. The number of aryl methyl sites for hydroxylation is 1. The molecule has 3 heterocycles. The summed E-state index contributed by atoms with van der Waals surface area (Å²) in [6, 6.07) is 10.1. The molecule has 1 aromatic carbocycles. The van der Waals surface area contributed by atoms with Crippen LogP contribution in [-0.4, -0.2) is 58.2 Å². The first-order valence-corrected chi connectivity index (χ1v) is 10.4. The quantitative estimate of drug-likeness (QED) is 0.885. The summed E-state index contributed by atoms with van der Waals surface area (Å²) in [7, 11) is 0. The van der Waals surface area contributed by atoms with E-state index in [4.69, 9.17) is 9.97 Å². The van der Waals surface area contributed by atoms with E-state index in [0.717, 1.165) is 55.9 Å². The van der Waals surface area contributed by atoms with Crippen LogP contribution in [-0.2, 0) is 17.6 Å². The molecule has 0 bridgehead atoms. The Morgan fingerprint density at radius 1 is 1.04 bits per heavy atom. The maximum Gasteiger partial charge on any atom is 0.227 e. The van der Waals surface area contributed by atoms with Crippen LogP contribution in [0.1, 0.15) is 30.5 Å². The second-order valence-corrected chi connectivity index (χ2v) is 8.20. The molecule has 1 atom stereocenters. The van der Waals surface area contributed by atoms with E-state index in [2.05, 4.69) is 17.0 Å². The Morgan fingerprint density at radius 2 is 1.86 bits per heavy atom. The number of nitrogens with zero attached hydrogens (tertiary/aromatic N) is 4. The van der Waals surface area contributed by atoms with Crippen LogP contribution in [0.3, 0.4) is 0 Å². The highest BCUT2D eigenvalue weighted by molar-refractivity contribution is 5.80. The number of carbonyl (C=O) groups is 1. The molecule has 2 aliphatic heterocycles. The van der Waals surface area contributed by atoms with Crippen molar-refractivity contribution in [1.29, 1.82) is 0 Å². The Morgan fingerprint density at radius 3 is 2.64 bits per heavy atom. The molecule has 0 saturated carbocycles. The van der Waals surface area contributed by atoms with E-state index in [1.165, 1.54) is 11.3 Å². The van der Waals surface area contributed by atoms with Crippen LogP contribution in [0.25, 0.3) is 11.4 Å². The van der Waals surface area contributed by atoms with Gasteiger partial charge in [0.15, 0.2) is 5.82 Å². The predicted octanol–water partition coefficient (Wildman–Crippen LogP) is 2.05. The summed E-state index contributed by atoms with van der Waals surface area (Å²) in [6.45, 7) is 2.61. The van der Waals surface area contributed by atoms with Crippen molar-refractivity contribution in [2.24, 2.45) is 5.92 Å². The lowest BCUT2D eigenvalue weighted by molar-refractivity contribution is -0.146. The van der Waals surface area contributed by atoms with Crippen molar-refractivity contribution in [2.75, 3.05) is 31.1 Å². The Hall–Kier alpha value is -2.47. The third kappa shape index (κ3) is 3.15. The molecular formula is C22H26N4O2. The third-order valence-corrected chi connectivity index (χ3v) is 6.19. The van der Waals surface area contributed by atoms with Crippen molar-refractivity contribution in [3.63, 3.8) is 0 Å². The van der Waals surface area contributed by atoms with Crippen LogP contribution in [0.2, 0.25) is 0 Å². The van der Waals surface area contributed by atoms with Crippen LogP contribution in [0.4, 0.5) is 5.82 Å². The summed E-state index contributed by atoms with van der Waals surface area (Å²) < 4.78 is 0. The van der Waals surface area contributed by atoms with Crippen molar-refractivity contribution in [3.05, 3.63) is 41.6 Å². The van der Waals surface area contributed by atoms with Gasteiger partial charge in [0.25, 0.3) is 0 Å². The molecule has 6 nitrogen and oxygen atoms in total. The Labute approximate surface area is 165 Å². The van der Waals surface area contributed by atoms with Gasteiger partial charge >= 0.3 is 0 Å². The van der Waals surface area contributed by atoms with Crippen LogP contribution in [0, 0.1) is 5.92 Å². The second-order valence-electron chi connectivity index (χ2n) is 8.20. The number of aliphatic hydroxyl groups is 1. The lowest BCUT2D eigenvalue weighted by Crippen LogP contribution is -2.57. The highest BCUT2D eigenvalue weighted by atomic mass is 16.3. The zero-order valence-electron chi connectivity index (χ0n) is 16.0. The zero-order valence-corrected chi connectivity index (χ0v) is 16.0. The van der Waals surface area contributed by atoms with E-state index in [1.807, 2.05) is 18.2 Å². The molecule has 1 aliphatic carbocycles. The van der Waals surface area contributed by atoms with E-state index in [1.54, 1.807) is 4.90 Å². The summed E-state index contributed by atoms with van der Waals surface area (Å²) >= 11 is 0. The number of piperidine rings is 1. The standard InChI is InChI=1S/C22H26N4O2/c27-17-13-26(14-17)22(28)16-8-5-11-25(12-16)21-18-9-4-10-19(18)23-20(24-21)15-6-2-1-3-7-15/h1-3,6-7,16-17,27H,4-5,8-14H2. The van der Waals surface area contributed by atoms with Crippen molar-refractivity contribution in [3.8, 4) is 11.4 Å². The van der Waals surface area contributed by atoms with Gasteiger partial charge in [-0.25, -0.2) is 9.97 Å². The Kier molecular flexibility index (Phi) is 4.51. The van der Waals surface area contributed by atoms with Gasteiger partial charge in [-0.3, -0.25) is 4.79 Å². The van der Waals surface area contributed by atoms with Crippen molar-refractivity contribution < 1.29 is 9.90 Å². The minimum absolute atomic E-state index is 0.00607. The number of rotatable bonds is 3. The smallest absolute Gasteiger partial charge is 0.227 e. The molecule has 0 radical (unpaired) electrons. The molecule has 1 N–H and O–H groups in total. The Balaban J connectivity index is 1.43. The van der Waals surface area contributed by atoms with Crippen LogP contribution >= 0.6 is 0 Å². The molecule has 28 heavy (non-hydrogen) atoms. The van der Waals surface area contributed by atoms with Gasteiger partial charge < -0.3 is 14.9 Å². The number of carbonyl (C=O) groups excluding carboxylic acids is 1. The molecule has 6 heteroatoms. The molecule has 2 aromatic rings. The molecule has 3 aliphatic rings. The number of likely N-dealkylation sites (tertiary alicyclic amines) is 1. The molecule has 0 spiro atoms. The molecule has 146 valence electrons. The van der Waals surface area contributed by atoms with Gasteiger partial charge in [-0.05, 0) is 32.1 Å². The molecule has 1 amide bonds. The van der Waals surface area contributed by atoms with Gasteiger partial charge in [0.1, 0.15) is 5.82 Å². The normalized spacial score (nSPS) is 22.1. The summed E-state index contributed by atoms with van der Waals surface area (Å²) in [5.74, 6) is 2.00. The minimum atomic E-state index is -0.345. The SMILES string of the molecule is O=C(C1CCCN(c2nc(-c3ccccc3)nc3c2CCC3)C1)N1CC(O)C1. The fourth-order valence-electron chi connectivity index (χ4n) is 4.66. The molecule has 5 rings (SSSR count). The third-order valence-electron chi connectivity index (χ3n) is 6.19. The number of fused-ring (bicyclic) bond motifs is 1. The largest absolute Gasteiger partial charge is 0.389 e. The first-order valence-electron chi connectivity index (χ1n) is 10.4. The van der Waals surface area contributed by atoms with E-state index >= 15 is 0 Å². The topological polar surface area (TPSA) is 69.6 Å². The summed E-state index contributed by atoms with van der Waals surface area (Å²) in [4.78, 5) is 26.7. The average molecular weight is 378 g/mol. The van der Waals surface area contributed by atoms with Gasteiger partial charge in [-0.1, -0.05) is 30.3 Å². The molecule has 1 aromatic heterocycles. The van der Waals surface area contributed by atoms with Gasteiger partial charge in [0.05, 0.1) is 12.0 Å². The van der Waals surface area contributed by atoms with Crippen molar-refractivity contribution in [1.82, 2.24) is 14.9 Å². The fourth-order valence-corrected chi connectivity index (χ4v) is 4.66. The lowest BCUT2D eigenvalue weighted by atomic mass is 9.94. The molecule has 2 fully saturated rings. The zero-order chi connectivity index (χ0) is 19.1. The van der Waals surface area contributed by atoms with E-state index in [0.29, 0.717) is 19.6 Å². The predicted molar refractivity (Wildman–Crippen MR) is 107 cm³/mol. The summed E-state index contributed by atoms with van der Waals surface area (Å²) in [5.41, 5.74) is 3.48. The van der Waals surface area contributed by atoms with E-state index in [9.17, 15) is 9.90 Å². The number of hydrogen-bond acceptors (Lipinski definition) is 5. The first kappa shape index (κ1) is 17.6. The van der Waals surface area contributed by atoms with E-state index in [-0.39, 0.29) is 17.9 Å². The van der Waals surface area contributed by atoms with Crippen LogP contribution < -0.4 is 4.90 Å². The molecule has 1 unspecified atom stereocenters. The minimum Gasteiger partial charge on any atom is -0.389 e. The van der Waals surface area contributed by atoms with Gasteiger partial charge in [0, 0.05) is 43.0 Å². The number of amides is 1. The maximum absolute atomic E-state index is 12.8. The molecular weight excluding hydrogens is 352 g/mol. The lowest BCUT2D eigenvalue weighted by Gasteiger charge is -2.41. The second kappa shape index (κ2) is 7.17. The Bertz CT molecular complexity index is 880. The van der Waals surface area contributed by atoms with Crippen LogP contribution in [0.15, 0.2) is 30.3 Å². The highest BCUT2D eigenvalue weighted by Gasteiger charge is 2.36. The number of benzene rings is 1. The monoisotopic (exact) mass is 378 g/mol. The van der Waals surface area contributed by atoms with Crippen molar-refractivity contribution >= 4 is 11.7 Å². The maximum atomic E-state index is 12.8. The average Bonchev–Trinajstić information content (AvgIpc) is 3.20. The fraction of sp³-hybridized carbons (Fsp3) is 0.500. The van der Waals surface area contributed by atoms with Gasteiger partial charge in [0.2, 0.25) is 5.91 Å². The highest BCUT2D eigenvalue weighted by Crippen LogP contribution is 2.34. The van der Waals surface area contributed by atoms with Crippen LogP contribution in [0.5, 0.6) is 0 Å². The number of anilines is 1. The van der Waals surface area contributed by atoms with E-state index < -0.39 is 0 Å². The van der Waals surface area contributed by atoms with Gasteiger partial charge in [-0.2, -0.15) is 0 Å². The summed E-state index contributed by atoms with van der Waals surface area (Å²) in [5, 5.41) is 9.52. The number of β-amino-alcohol motifs (C(OH)–C–C–N with tert-alkyl or cyclic N) is 1. The number of aliphatic hydroxyl groups excluding tert-OH is 1. The number of hydrogen-bond donors (Lipinski definition) is 1.